The van der Waals surface area contributed by atoms with E-state index in [4.69, 9.17) is 0 Å². The molecular formula is C28H32N2. The summed E-state index contributed by atoms with van der Waals surface area (Å²) in [5.41, 5.74) is 5.67. The van der Waals surface area contributed by atoms with Gasteiger partial charge in [0.05, 0.1) is 0 Å². The number of rotatable bonds is 6. The van der Waals surface area contributed by atoms with Crippen molar-refractivity contribution in [2.24, 2.45) is 5.92 Å². The molecule has 0 saturated carbocycles. The minimum Gasteiger partial charge on any atom is -0.308 e. The predicted octanol–water partition coefficient (Wildman–Crippen LogP) is 5.38. The molecule has 154 valence electrons. The number of fused-ring (bicyclic) bond motifs is 3. The molecule has 0 spiro atoms. The Balaban J connectivity index is 1.50. The average molecular weight is 397 g/mol. The number of hydrogen-bond donors (Lipinski definition) is 1. The fourth-order valence-electron chi connectivity index (χ4n) is 5.73. The third-order valence-electron chi connectivity index (χ3n) is 7.32. The quantitative estimate of drug-likeness (QED) is 0.602. The molecule has 2 heteroatoms. The number of hydrogen-bond acceptors (Lipinski definition) is 2. The van der Waals surface area contributed by atoms with E-state index in [1.165, 1.54) is 48.2 Å². The summed E-state index contributed by atoms with van der Waals surface area (Å²) in [7, 11) is 0. The molecular weight excluding hydrogens is 364 g/mol. The summed E-state index contributed by atoms with van der Waals surface area (Å²) in [6, 6.07) is 32.1. The Morgan fingerprint density at radius 3 is 1.97 bits per heavy atom. The molecule has 3 aliphatic heterocycles. The Morgan fingerprint density at radius 2 is 1.37 bits per heavy atom. The van der Waals surface area contributed by atoms with E-state index in [1.807, 2.05) is 0 Å². The van der Waals surface area contributed by atoms with Gasteiger partial charge in [-0.05, 0) is 61.0 Å². The normalized spacial score (nSPS) is 25.5. The number of piperidine rings is 3. The maximum atomic E-state index is 4.04. The van der Waals surface area contributed by atoms with Gasteiger partial charge in [-0.1, -0.05) is 84.9 Å². The summed E-state index contributed by atoms with van der Waals surface area (Å²) in [5.74, 6) is 1.16. The molecule has 2 bridgehead atoms. The monoisotopic (exact) mass is 396 g/mol. The van der Waals surface area contributed by atoms with Gasteiger partial charge in [0.25, 0.3) is 0 Å². The van der Waals surface area contributed by atoms with Crippen LogP contribution in [0.25, 0.3) is 0 Å². The zero-order chi connectivity index (χ0) is 20.3. The highest BCUT2D eigenvalue weighted by Crippen LogP contribution is 2.42. The highest BCUT2D eigenvalue weighted by Gasteiger charge is 2.46. The van der Waals surface area contributed by atoms with E-state index < -0.39 is 0 Å². The fraction of sp³-hybridized carbons (Fsp3) is 0.357. The van der Waals surface area contributed by atoms with Crippen molar-refractivity contribution < 1.29 is 0 Å². The van der Waals surface area contributed by atoms with Gasteiger partial charge >= 0.3 is 0 Å². The third-order valence-corrected chi connectivity index (χ3v) is 7.32. The van der Waals surface area contributed by atoms with Gasteiger partial charge in [0.1, 0.15) is 0 Å². The molecule has 2 atom stereocenters. The maximum Gasteiger partial charge on any atom is 0.0361 e. The van der Waals surface area contributed by atoms with Crippen LogP contribution in [0.4, 0.5) is 0 Å². The lowest BCUT2D eigenvalue weighted by molar-refractivity contribution is 0.00466. The van der Waals surface area contributed by atoms with Gasteiger partial charge in [-0.25, -0.2) is 0 Å². The molecule has 6 rings (SSSR count). The van der Waals surface area contributed by atoms with Gasteiger partial charge < -0.3 is 5.32 Å². The first-order valence-electron chi connectivity index (χ1n) is 11.4. The summed E-state index contributed by atoms with van der Waals surface area (Å²) in [6.45, 7) is 5.64. The first kappa shape index (κ1) is 19.5. The molecule has 30 heavy (non-hydrogen) atoms. The SMILES string of the molecule is Cc1ccccc1CN[C@H]1C2CCN(CC2)[C@H]1C(c1ccccc1)c1ccccc1. The molecule has 3 heterocycles. The van der Waals surface area contributed by atoms with Gasteiger partial charge in [-0.2, -0.15) is 0 Å². The Bertz CT molecular complexity index is 905. The minimum absolute atomic E-state index is 0.393. The smallest absolute Gasteiger partial charge is 0.0361 e. The second-order valence-electron chi connectivity index (χ2n) is 9.00. The van der Waals surface area contributed by atoms with Crippen molar-refractivity contribution in [3.63, 3.8) is 0 Å². The Hall–Kier alpha value is -2.42. The van der Waals surface area contributed by atoms with Crippen LogP contribution in [0.3, 0.4) is 0 Å². The lowest BCUT2D eigenvalue weighted by Gasteiger charge is -2.54. The topological polar surface area (TPSA) is 15.3 Å². The second-order valence-corrected chi connectivity index (χ2v) is 9.00. The molecule has 3 saturated heterocycles. The van der Waals surface area contributed by atoms with Crippen LogP contribution < -0.4 is 5.32 Å². The summed E-state index contributed by atoms with van der Waals surface area (Å²) in [6.07, 6.45) is 2.64. The van der Waals surface area contributed by atoms with E-state index in [-0.39, 0.29) is 0 Å². The Labute approximate surface area is 180 Å². The molecule has 2 nitrogen and oxygen atoms in total. The Kier molecular flexibility index (Phi) is 5.70. The number of benzene rings is 3. The van der Waals surface area contributed by atoms with Gasteiger partial charge in [0.15, 0.2) is 0 Å². The van der Waals surface area contributed by atoms with Crippen molar-refractivity contribution >= 4 is 0 Å². The third kappa shape index (κ3) is 3.82. The highest BCUT2D eigenvalue weighted by atomic mass is 15.2. The molecule has 0 aromatic heterocycles. The Morgan fingerprint density at radius 1 is 0.800 bits per heavy atom. The lowest BCUT2D eigenvalue weighted by atomic mass is 9.70. The van der Waals surface area contributed by atoms with Gasteiger partial charge in [-0.3, -0.25) is 4.90 Å². The predicted molar refractivity (Wildman–Crippen MR) is 125 cm³/mol. The summed E-state index contributed by atoms with van der Waals surface area (Å²) >= 11 is 0. The molecule has 3 aromatic rings. The average Bonchev–Trinajstić information content (AvgIpc) is 2.81. The van der Waals surface area contributed by atoms with Crippen LogP contribution in [0.1, 0.15) is 41.0 Å². The van der Waals surface area contributed by atoms with E-state index >= 15 is 0 Å². The summed E-state index contributed by atoms with van der Waals surface area (Å²) in [5, 5.41) is 4.04. The van der Waals surface area contributed by atoms with Crippen LogP contribution in [-0.4, -0.2) is 30.1 Å². The van der Waals surface area contributed by atoms with E-state index in [9.17, 15) is 0 Å². The summed E-state index contributed by atoms with van der Waals surface area (Å²) < 4.78 is 0. The van der Waals surface area contributed by atoms with Crippen LogP contribution in [0.5, 0.6) is 0 Å². The van der Waals surface area contributed by atoms with Crippen molar-refractivity contribution in [3.8, 4) is 0 Å². The first-order valence-corrected chi connectivity index (χ1v) is 11.4. The van der Waals surface area contributed by atoms with Crippen LogP contribution >= 0.6 is 0 Å². The minimum atomic E-state index is 0.393. The van der Waals surface area contributed by atoms with Gasteiger partial charge in [0.2, 0.25) is 0 Å². The molecule has 3 aromatic carbocycles. The van der Waals surface area contributed by atoms with E-state index in [0.717, 1.165) is 12.5 Å². The van der Waals surface area contributed by atoms with E-state index in [1.54, 1.807) is 0 Å². The standard InChI is InChI=1S/C28H32N2/c1-21-10-8-9-15-25(21)20-29-27-24-16-18-30(19-17-24)28(27)26(22-11-4-2-5-12-22)23-13-6-3-7-14-23/h2-15,24,26-29H,16-20H2,1H3/t27-,28-/m0/s1. The van der Waals surface area contributed by atoms with Crippen molar-refractivity contribution in [1.82, 2.24) is 10.2 Å². The molecule has 0 amide bonds. The number of aryl methyl sites for hydroxylation is 1. The number of nitrogens with one attached hydrogen (secondary N) is 1. The van der Waals surface area contributed by atoms with Crippen LogP contribution in [0.15, 0.2) is 84.9 Å². The zero-order valence-corrected chi connectivity index (χ0v) is 17.9. The van der Waals surface area contributed by atoms with Crippen molar-refractivity contribution in [2.75, 3.05) is 13.1 Å². The van der Waals surface area contributed by atoms with Crippen LogP contribution in [0.2, 0.25) is 0 Å². The maximum absolute atomic E-state index is 4.04. The van der Waals surface area contributed by atoms with Crippen molar-refractivity contribution in [1.29, 1.82) is 0 Å². The lowest BCUT2D eigenvalue weighted by Crippen LogP contribution is -2.64. The molecule has 3 fully saturated rings. The molecule has 0 unspecified atom stereocenters. The highest BCUT2D eigenvalue weighted by molar-refractivity contribution is 5.36. The van der Waals surface area contributed by atoms with Crippen LogP contribution in [0, 0.1) is 12.8 Å². The summed E-state index contributed by atoms with van der Waals surface area (Å²) in [4.78, 5) is 2.76. The molecule has 3 aliphatic rings. The van der Waals surface area contributed by atoms with E-state index in [2.05, 4.69) is 102 Å². The van der Waals surface area contributed by atoms with Crippen molar-refractivity contribution in [2.45, 2.75) is 44.3 Å². The first-order chi connectivity index (χ1) is 14.8. The molecule has 0 aliphatic carbocycles. The zero-order valence-electron chi connectivity index (χ0n) is 17.9. The van der Waals surface area contributed by atoms with Crippen LogP contribution in [-0.2, 0) is 6.54 Å². The molecule has 1 N–H and O–H groups in total. The number of nitrogens with zero attached hydrogens (tertiary/aromatic N) is 1. The van der Waals surface area contributed by atoms with E-state index in [0.29, 0.717) is 18.0 Å². The van der Waals surface area contributed by atoms with Crippen molar-refractivity contribution in [3.05, 3.63) is 107 Å². The molecule has 0 radical (unpaired) electrons. The fourth-order valence-corrected chi connectivity index (χ4v) is 5.73. The van der Waals surface area contributed by atoms with Gasteiger partial charge in [0, 0.05) is 24.5 Å². The second kappa shape index (κ2) is 8.75. The largest absolute Gasteiger partial charge is 0.308 e. The van der Waals surface area contributed by atoms with Gasteiger partial charge in [-0.15, -0.1) is 0 Å².